The van der Waals surface area contributed by atoms with Crippen LogP contribution in [0.25, 0.3) is 0 Å². The Balaban J connectivity index is 2.34. The van der Waals surface area contributed by atoms with Crippen molar-refractivity contribution in [2.24, 2.45) is 0 Å². The van der Waals surface area contributed by atoms with Crippen LogP contribution in [0.2, 0.25) is 0 Å². The zero-order valence-electron chi connectivity index (χ0n) is 14.4. The molecule has 0 spiro atoms. The van der Waals surface area contributed by atoms with E-state index in [4.69, 9.17) is 0 Å². The SMILES string of the molecule is CCC(C(=O)Nc1ccc(Br)cc1)N(c1ccc(C)cc1)S(C)(=O)=O. The van der Waals surface area contributed by atoms with Crippen LogP contribution in [-0.4, -0.2) is 26.6 Å². The highest BCUT2D eigenvalue weighted by molar-refractivity contribution is 9.10. The van der Waals surface area contributed by atoms with Crippen molar-refractivity contribution in [3.05, 3.63) is 58.6 Å². The molecular formula is C18H21BrN2O3S. The summed E-state index contributed by atoms with van der Waals surface area (Å²) in [6.45, 7) is 3.71. The molecule has 2 rings (SSSR count). The summed E-state index contributed by atoms with van der Waals surface area (Å²) in [5, 5.41) is 2.79. The van der Waals surface area contributed by atoms with Gasteiger partial charge in [0.25, 0.3) is 0 Å². The number of hydrogen-bond donors (Lipinski definition) is 1. The molecule has 7 heteroatoms. The quantitative estimate of drug-likeness (QED) is 0.763. The second kappa shape index (κ2) is 8.01. The second-order valence-corrected chi connectivity index (χ2v) is 8.59. The Hall–Kier alpha value is -1.86. The van der Waals surface area contributed by atoms with Crippen LogP contribution in [-0.2, 0) is 14.8 Å². The van der Waals surface area contributed by atoms with Crippen molar-refractivity contribution >= 4 is 43.2 Å². The van der Waals surface area contributed by atoms with E-state index in [1.807, 2.05) is 31.2 Å². The number of rotatable bonds is 6. The van der Waals surface area contributed by atoms with E-state index in [9.17, 15) is 13.2 Å². The highest BCUT2D eigenvalue weighted by atomic mass is 79.9. The molecule has 134 valence electrons. The number of hydrogen-bond acceptors (Lipinski definition) is 3. The van der Waals surface area contributed by atoms with Gasteiger partial charge in [-0.05, 0) is 49.7 Å². The highest BCUT2D eigenvalue weighted by Gasteiger charge is 2.31. The van der Waals surface area contributed by atoms with Crippen LogP contribution in [0.5, 0.6) is 0 Å². The molecule has 0 saturated carbocycles. The summed E-state index contributed by atoms with van der Waals surface area (Å²) in [4.78, 5) is 12.7. The minimum absolute atomic E-state index is 0.351. The third-order valence-corrected chi connectivity index (χ3v) is 5.44. The van der Waals surface area contributed by atoms with E-state index < -0.39 is 16.1 Å². The molecule has 0 aliphatic rings. The molecule has 5 nitrogen and oxygen atoms in total. The van der Waals surface area contributed by atoms with Crippen molar-refractivity contribution in [3.8, 4) is 0 Å². The number of aryl methyl sites for hydroxylation is 1. The van der Waals surface area contributed by atoms with Crippen molar-refractivity contribution in [2.45, 2.75) is 26.3 Å². The summed E-state index contributed by atoms with van der Waals surface area (Å²) >= 11 is 3.34. The molecular weight excluding hydrogens is 404 g/mol. The average Bonchev–Trinajstić information content (AvgIpc) is 2.54. The minimum Gasteiger partial charge on any atom is -0.324 e. The van der Waals surface area contributed by atoms with E-state index >= 15 is 0 Å². The maximum atomic E-state index is 12.7. The van der Waals surface area contributed by atoms with Crippen molar-refractivity contribution in [2.75, 3.05) is 15.9 Å². The fourth-order valence-electron chi connectivity index (χ4n) is 2.51. The van der Waals surface area contributed by atoms with Gasteiger partial charge in [0.2, 0.25) is 15.9 Å². The molecule has 0 aliphatic heterocycles. The number of carbonyl (C=O) groups is 1. The van der Waals surface area contributed by atoms with Gasteiger partial charge in [-0.1, -0.05) is 40.5 Å². The lowest BCUT2D eigenvalue weighted by molar-refractivity contribution is -0.117. The average molecular weight is 425 g/mol. The lowest BCUT2D eigenvalue weighted by Gasteiger charge is -2.30. The Labute approximate surface area is 157 Å². The predicted octanol–water partition coefficient (Wildman–Crippen LogP) is 3.94. The first-order valence-corrected chi connectivity index (χ1v) is 10.5. The summed E-state index contributed by atoms with van der Waals surface area (Å²) in [5.74, 6) is -0.365. The molecule has 0 bridgehead atoms. The smallest absolute Gasteiger partial charge is 0.248 e. The van der Waals surface area contributed by atoms with Gasteiger partial charge < -0.3 is 5.32 Å². The molecule has 0 heterocycles. The summed E-state index contributed by atoms with van der Waals surface area (Å²) in [7, 11) is -3.62. The normalized spacial score (nSPS) is 12.5. The fourth-order valence-corrected chi connectivity index (χ4v) is 3.99. The predicted molar refractivity (Wildman–Crippen MR) is 105 cm³/mol. The first kappa shape index (κ1) is 19.5. The number of halogens is 1. The van der Waals surface area contributed by atoms with Crippen LogP contribution in [0, 0.1) is 6.92 Å². The van der Waals surface area contributed by atoms with Gasteiger partial charge in [0, 0.05) is 10.2 Å². The first-order chi connectivity index (χ1) is 11.7. The van der Waals surface area contributed by atoms with Gasteiger partial charge in [-0.3, -0.25) is 9.10 Å². The number of amides is 1. The van der Waals surface area contributed by atoms with Crippen LogP contribution in [0.4, 0.5) is 11.4 Å². The number of nitrogens with one attached hydrogen (secondary N) is 1. The zero-order chi connectivity index (χ0) is 18.6. The van der Waals surface area contributed by atoms with Gasteiger partial charge in [0.1, 0.15) is 6.04 Å². The Morgan fingerprint density at radius 3 is 2.16 bits per heavy atom. The lowest BCUT2D eigenvalue weighted by atomic mass is 10.1. The van der Waals surface area contributed by atoms with E-state index in [2.05, 4.69) is 21.2 Å². The van der Waals surface area contributed by atoms with Crippen LogP contribution in [0.3, 0.4) is 0 Å². The molecule has 25 heavy (non-hydrogen) atoms. The zero-order valence-corrected chi connectivity index (χ0v) is 16.8. The van der Waals surface area contributed by atoms with E-state index in [-0.39, 0.29) is 5.91 Å². The molecule has 1 atom stereocenters. The number of sulfonamides is 1. The minimum atomic E-state index is -3.62. The topological polar surface area (TPSA) is 66.5 Å². The van der Waals surface area contributed by atoms with E-state index in [1.54, 1.807) is 31.2 Å². The number of carbonyl (C=O) groups excluding carboxylic acids is 1. The Morgan fingerprint density at radius 2 is 1.68 bits per heavy atom. The Morgan fingerprint density at radius 1 is 1.12 bits per heavy atom. The molecule has 2 aromatic carbocycles. The summed E-state index contributed by atoms with van der Waals surface area (Å²) < 4.78 is 26.8. The maximum Gasteiger partial charge on any atom is 0.248 e. The number of nitrogens with zero attached hydrogens (tertiary/aromatic N) is 1. The van der Waals surface area contributed by atoms with Gasteiger partial charge in [0.15, 0.2) is 0 Å². The van der Waals surface area contributed by atoms with E-state index in [1.165, 1.54) is 4.31 Å². The Bertz CT molecular complexity index is 834. The van der Waals surface area contributed by atoms with Gasteiger partial charge in [-0.25, -0.2) is 8.42 Å². The highest BCUT2D eigenvalue weighted by Crippen LogP contribution is 2.24. The molecule has 1 N–H and O–H groups in total. The molecule has 0 radical (unpaired) electrons. The van der Waals surface area contributed by atoms with Crippen molar-refractivity contribution < 1.29 is 13.2 Å². The van der Waals surface area contributed by atoms with Crippen LogP contribution < -0.4 is 9.62 Å². The molecule has 1 unspecified atom stereocenters. The van der Waals surface area contributed by atoms with Gasteiger partial charge in [-0.15, -0.1) is 0 Å². The number of anilines is 2. The van der Waals surface area contributed by atoms with Crippen LogP contribution >= 0.6 is 15.9 Å². The monoisotopic (exact) mass is 424 g/mol. The van der Waals surface area contributed by atoms with E-state index in [0.717, 1.165) is 16.3 Å². The summed E-state index contributed by atoms with van der Waals surface area (Å²) in [5.41, 5.74) is 2.11. The largest absolute Gasteiger partial charge is 0.324 e. The molecule has 0 aromatic heterocycles. The molecule has 0 aliphatic carbocycles. The van der Waals surface area contributed by atoms with Gasteiger partial charge in [-0.2, -0.15) is 0 Å². The van der Waals surface area contributed by atoms with Crippen molar-refractivity contribution in [1.82, 2.24) is 0 Å². The summed E-state index contributed by atoms with van der Waals surface area (Å²) in [6, 6.07) is 13.4. The second-order valence-electron chi connectivity index (χ2n) is 5.81. The van der Waals surface area contributed by atoms with Gasteiger partial charge in [0.05, 0.1) is 11.9 Å². The molecule has 0 fully saturated rings. The standard InChI is InChI=1S/C18H21BrN2O3S/c1-4-17(18(22)20-15-9-7-14(19)8-10-15)21(25(3,23)24)16-11-5-13(2)6-12-16/h5-12,17H,4H2,1-3H3,(H,20,22). The third kappa shape index (κ3) is 5.06. The van der Waals surface area contributed by atoms with E-state index in [0.29, 0.717) is 17.8 Å². The molecule has 2 aromatic rings. The van der Waals surface area contributed by atoms with Crippen LogP contribution in [0.1, 0.15) is 18.9 Å². The maximum absolute atomic E-state index is 12.7. The lowest BCUT2D eigenvalue weighted by Crippen LogP contribution is -2.47. The first-order valence-electron chi connectivity index (χ1n) is 7.85. The Kier molecular flexibility index (Phi) is 6.24. The van der Waals surface area contributed by atoms with Crippen LogP contribution in [0.15, 0.2) is 53.0 Å². The molecule has 1 amide bonds. The van der Waals surface area contributed by atoms with Gasteiger partial charge >= 0.3 is 0 Å². The van der Waals surface area contributed by atoms with Crippen molar-refractivity contribution in [1.29, 1.82) is 0 Å². The fraction of sp³-hybridized carbons (Fsp3) is 0.278. The third-order valence-electron chi connectivity index (χ3n) is 3.73. The summed E-state index contributed by atoms with van der Waals surface area (Å²) in [6.07, 6.45) is 1.46. The van der Waals surface area contributed by atoms with Crippen molar-refractivity contribution in [3.63, 3.8) is 0 Å². The molecule has 0 saturated heterocycles. The number of benzene rings is 2.